The van der Waals surface area contributed by atoms with E-state index in [4.69, 9.17) is 9.47 Å². The molecule has 10 heteroatoms. The van der Waals surface area contributed by atoms with Crippen LogP contribution in [0, 0.1) is 32.7 Å². The first-order valence-electron chi connectivity index (χ1n) is 14.8. The number of phenols is 1. The third-order valence-corrected chi connectivity index (χ3v) is 10.9. The highest BCUT2D eigenvalue weighted by Gasteiger charge is 2.68. The summed E-state index contributed by atoms with van der Waals surface area (Å²) < 4.78 is 12.5. The minimum absolute atomic E-state index is 0.0799. The maximum absolute atomic E-state index is 14.6. The molecule has 7 rings (SSSR count). The highest BCUT2D eigenvalue weighted by molar-refractivity contribution is 14.1. The van der Waals surface area contributed by atoms with Crippen molar-refractivity contribution in [1.82, 2.24) is 0 Å². The number of imide groups is 2. The Morgan fingerprint density at radius 2 is 1.44 bits per heavy atom. The smallest absolute Gasteiger partial charge is 0.241 e. The van der Waals surface area contributed by atoms with E-state index < -0.39 is 35.0 Å². The standard InChI is InChI=1S/C35H31IN2O7/c1-35-25(32(41)38(34(35)43)19-7-5-4-6-8-19)17-24-22(30(35)29-26(44-2)15-21(39)16-27(29)45-3)13-14-23-28(24)33(42)37(31(23)40)20-11-9-18(36)10-12-20/h4-13,15-16,23-25,28,30,39H,14,17H2,1-3H3/t23-,24+,25-,28-,30+,35+/m0/s1. The van der Waals surface area contributed by atoms with Gasteiger partial charge in [-0.3, -0.25) is 24.1 Å². The van der Waals surface area contributed by atoms with E-state index in [1.54, 1.807) is 43.3 Å². The van der Waals surface area contributed by atoms with Crippen LogP contribution in [0.1, 0.15) is 31.2 Å². The Morgan fingerprint density at radius 3 is 2.07 bits per heavy atom. The third-order valence-electron chi connectivity index (χ3n) is 10.2. The van der Waals surface area contributed by atoms with E-state index in [0.29, 0.717) is 34.9 Å². The molecule has 0 unspecified atom stereocenters. The molecule has 1 N–H and O–H groups in total. The number of carbonyl (C=O) groups is 4. The van der Waals surface area contributed by atoms with Crippen molar-refractivity contribution in [2.24, 2.45) is 29.1 Å². The first-order chi connectivity index (χ1) is 21.6. The molecule has 45 heavy (non-hydrogen) atoms. The number of allylic oxidation sites excluding steroid dienone is 2. The summed E-state index contributed by atoms with van der Waals surface area (Å²) >= 11 is 2.18. The summed E-state index contributed by atoms with van der Waals surface area (Å²) in [5, 5.41) is 10.5. The van der Waals surface area contributed by atoms with Crippen LogP contribution in [-0.2, 0) is 19.2 Å². The molecule has 3 aromatic rings. The maximum Gasteiger partial charge on any atom is 0.241 e. The summed E-state index contributed by atoms with van der Waals surface area (Å²) in [5.74, 6) is -4.06. The molecule has 2 aliphatic carbocycles. The van der Waals surface area contributed by atoms with Gasteiger partial charge in [0.25, 0.3) is 0 Å². The summed E-state index contributed by atoms with van der Waals surface area (Å²) in [6, 6.07) is 19.0. The lowest BCUT2D eigenvalue weighted by atomic mass is 9.51. The van der Waals surface area contributed by atoms with Crippen LogP contribution >= 0.6 is 22.6 Å². The summed E-state index contributed by atoms with van der Waals surface area (Å²) in [6.07, 6.45) is 2.53. The molecule has 4 amide bonds. The first-order valence-corrected chi connectivity index (χ1v) is 15.9. The average molecular weight is 719 g/mol. The van der Waals surface area contributed by atoms with E-state index in [1.807, 2.05) is 24.3 Å². The first kappa shape index (κ1) is 29.5. The van der Waals surface area contributed by atoms with Gasteiger partial charge in [-0.25, -0.2) is 4.90 Å². The van der Waals surface area contributed by atoms with Crippen molar-refractivity contribution in [2.45, 2.75) is 25.7 Å². The van der Waals surface area contributed by atoms with Crippen molar-refractivity contribution in [3.8, 4) is 17.2 Å². The molecular weight excluding hydrogens is 687 g/mol. The molecule has 0 aromatic heterocycles. The highest BCUT2D eigenvalue weighted by atomic mass is 127. The van der Waals surface area contributed by atoms with Crippen molar-refractivity contribution in [2.75, 3.05) is 24.0 Å². The zero-order valence-corrected chi connectivity index (χ0v) is 27.1. The number of fused-ring (bicyclic) bond motifs is 4. The molecule has 1 saturated carbocycles. The van der Waals surface area contributed by atoms with Crippen molar-refractivity contribution in [1.29, 1.82) is 0 Å². The monoisotopic (exact) mass is 718 g/mol. The number of aromatic hydroxyl groups is 1. The van der Waals surface area contributed by atoms with E-state index in [-0.39, 0.29) is 35.8 Å². The Balaban J connectivity index is 1.42. The number of nitrogens with zero attached hydrogens (tertiary/aromatic N) is 2. The fourth-order valence-corrected chi connectivity index (χ4v) is 8.56. The predicted octanol–water partition coefficient (Wildman–Crippen LogP) is 5.45. The molecule has 0 bridgehead atoms. The molecule has 4 aliphatic rings. The lowest BCUT2D eigenvalue weighted by molar-refractivity contribution is -0.131. The largest absolute Gasteiger partial charge is 0.508 e. The van der Waals surface area contributed by atoms with E-state index >= 15 is 0 Å². The summed E-state index contributed by atoms with van der Waals surface area (Å²) in [4.78, 5) is 59.6. The molecule has 3 fully saturated rings. The van der Waals surface area contributed by atoms with E-state index in [2.05, 4.69) is 22.6 Å². The fraction of sp³-hybridized carbons (Fsp3) is 0.314. The molecule has 3 aromatic carbocycles. The second-order valence-corrected chi connectivity index (χ2v) is 13.5. The van der Waals surface area contributed by atoms with E-state index in [9.17, 15) is 24.3 Å². The van der Waals surface area contributed by atoms with E-state index in [1.165, 1.54) is 36.2 Å². The lowest BCUT2D eigenvalue weighted by Crippen LogP contribution is -2.49. The normalized spacial score (nSPS) is 28.9. The number of ether oxygens (including phenoxy) is 2. The number of rotatable bonds is 5. The van der Waals surface area contributed by atoms with Gasteiger partial charge in [-0.15, -0.1) is 0 Å². The molecule has 9 nitrogen and oxygen atoms in total. The van der Waals surface area contributed by atoms with Gasteiger partial charge in [0.15, 0.2) is 0 Å². The number of benzene rings is 3. The van der Waals surface area contributed by atoms with Crippen molar-refractivity contribution < 1.29 is 33.8 Å². The van der Waals surface area contributed by atoms with Crippen LogP contribution in [0.2, 0.25) is 0 Å². The van der Waals surface area contributed by atoms with Crippen LogP contribution in [0.5, 0.6) is 17.2 Å². The Labute approximate surface area is 273 Å². The lowest BCUT2D eigenvalue weighted by Gasteiger charge is -2.49. The predicted molar refractivity (Wildman–Crippen MR) is 174 cm³/mol. The number of para-hydroxylation sites is 1. The summed E-state index contributed by atoms with van der Waals surface area (Å²) in [5.41, 5.74) is 1.03. The Kier molecular flexibility index (Phi) is 7.03. The summed E-state index contributed by atoms with van der Waals surface area (Å²) in [7, 11) is 2.94. The third kappa shape index (κ3) is 4.17. The van der Waals surface area contributed by atoms with Crippen LogP contribution in [-0.4, -0.2) is 43.0 Å². The molecule has 2 heterocycles. The van der Waals surface area contributed by atoms with Gasteiger partial charge in [-0.1, -0.05) is 29.8 Å². The Hall–Kier alpha value is -4.19. The molecule has 2 aliphatic heterocycles. The molecule has 2 saturated heterocycles. The minimum atomic E-state index is -1.28. The average Bonchev–Trinajstić information content (AvgIpc) is 3.41. The van der Waals surface area contributed by atoms with Gasteiger partial charge in [0.2, 0.25) is 23.6 Å². The van der Waals surface area contributed by atoms with Crippen LogP contribution in [0.4, 0.5) is 11.4 Å². The number of carbonyl (C=O) groups excluding carboxylic acids is 4. The Morgan fingerprint density at radius 1 is 0.822 bits per heavy atom. The SMILES string of the molecule is COc1cc(O)cc(OC)c1[C@H]1C2=CC[C@@H]3C(=O)N(c4ccc(I)cc4)C(=O)[C@@H]3[C@@H]2C[C@H]2C(=O)N(c3ccccc3)C(=O)[C@@]12C. The number of halogens is 1. The van der Waals surface area contributed by atoms with Gasteiger partial charge >= 0.3 is 0 Å². The molecule has 230 valence electrons. The molecule has 6 atom stereocenters. The fourth-order valence-electron chi connectivity index (χ4n) is 8.20. The van der Waals surface area contributed by atoms with Crippen LogP contribution in [0.3, 0.4) is 0 Å². The van der Waals surface area contributed by atoms with Gasteiger partial charge in [0, 0.05) is 27.2 Å². The Bertz CT molecular complexity index is 1760. The maximum atomic E-state index is 14.6. The van der Waals surface area contributed by atoms with Crippen molar-refractivity contribution >= 4 is 57.6 Å². The quantitative estimate of drug-likeness (QED) is 0.212. The van der Waals surface area contributed by atoms with Crippen LogP contribution in [0.15, 0.2) is 78.4 Å². The molecule has 0 spiro atoms. The number of phenolic OH excluding ortho intramolecular Hbond substituents is 1. The van der Waals surface area contributed by atoms with E-state index in [0.717, 1.165) is 9.14 Å². The zero-order valence-electron chi connectivity index (χ0n) is 24.9. The number of methoxy groups -OCH3 is 2. The van der Waals surface area contributed by atoms with Gasteiger partial charge in [-0.2, -0.15) is 0 Å². The number of hydrogen-bond donors (Lipinski definition) is 1. The second kappa shape index (κ2) is 10.7. The number of hydrogen-bond acceptors (Lipinski definition) is 7. The summed E-state index contributed by atoms with van der Waals surface area (Å²) in [6.45, 7) is 1.81. The molecular formula is C35H31IN2O7. The van der Waals surface area contributed by atoms with Gasteiger partial charge in [-0.05, 0) is 84.7 Å². The minimum Gasteiger partial charge on any atom is -0.508 e. The van der Waals surface area contributed by atoms with Gasteiger partial charge < -0.3 is 14.6 Å². The topological polar surface area (TPSA) is 113 Å². The second-order valence-electron chi connectivity index (χ2n) is 12.2. The molecule has 0 radical (unpaired) electrons. The van der Waals surface area contributed by atoms with Crippen molar-refractivity contribution in [3.05, 3.63) is 87.5 Å². The van der Waals surface area contributed by atoms with Crippen molar-refractivity contribution in [3.63, 3.8) is 0 Å². The number of anilines is 2. The van der Waals surface area contributed by atoms with Crippen LogP contribution in [0.25, 0.3) is 0 Å². The zero-order chi connectivity index (χ0) is 31.8. The number of amides is 4. The van der Waals surface area contributed by atoms with Gasteiger partial charge in [0.1, 0.15) is 17.2 Å². The van der Waals surface area contributed by atoms with Crippen LogP contribution < -0.4 is 19.3 Å². The highest BCUT2D eigenvalue weighted by Crippen LogP contribution is 2.65. The van der Waals surface area contributed by atoms with Gasteiger partial charge in [0.05, 0.1) is 48.8 Å².